The van der Waals surface area contributed by atoms with Crippen molar-refractivity contribution in [3.63, 3.8) is 0 Å². The third kappa shape index (κ3) is 4.74. The van der Waals surface area contributed by atoms with E-state index in [9.17, 15) is 4.79 Å². The SMILES string of the molecule is COCc1nc(CCNC(=O)Cc2cccs2)cs1. The molecule has 2 rings (SSSR count). The fraction of sp³-hybridized carbons (Fsp3) is 0.385. The highest BCUT2D eigenvalue weighted by Crippen LogP contribution is 2.11. The van der Waals surface area contributed by atoms with Crippen LogP contribution >= 0.6 is 22.7 Å². The summed E-state index contributed by atoms with van der Waals surface area (Å²) in [6.07, 6.45) is 1.22. The minimum atomic E-state index is 0.0646. The molecule has 6 heteroatoms. The molecular weight excluding hydrogens is 280 g/mol. The first-order chi connectivity index (χ1) is 9.28. The Hall–Kier alpha value is -1.24. The van der Waals surface area contributed by atoms with Crippen LogP contribution in [-0.2, 0) is 29.0 Å². The molecule has 4 nitrogen and oxygen atoms in total. The Bertz CT molecular complexity index is 508. The summed E-state index contributed by atoms with van der Waals surface area (Å²) in [6.45, 7) is 1.18. The number of carbonyl (C=O) groups excluding carboxylic acids is 1. The van der Waals surface area contributed by atoms with Gasteiger partial charge in [-0.25, -0.2) is 4.98 Å². The number of nitrogens with one attached hydrogen (secondary N) is 1. The van der Waals surface area contributed by atoms with E-state index in [0.717, 1.165) is 22.0 Å². The second kappa shape index (κ2) is 7.37. The van der Waals surface area contributed by atoms with Gasteiger partial charge in [0.25, 0.3) is 0 Å². The van der Waals surface area contributed by atoms with E-state index in [-0.39, 0.29) is 5.91 Å². The fourth-order valence-electron chi connectivity index (χ4n) is 1.62. The first-order valence-electron chi connectivity index (χ1n) is 5.99. The molecule has 0 unspecified atom stereocenters. The Morgan fingerprint density at radius 2 is 2.37 bits per heavy atom. The van der Waals surface area contributed by atoms with E-state index in [0.29, 0.717) is 19.6 Å². The molecule has 0 radical (unpaired) electrons. The lowest BCUT2D eigenvalue weighted by atomic mass is 10.3. The monoisotopic (exact) mass is 296 g/mol. The quantitative estimate of drug-likeness (QED) is 0.852. The van der Waals surface area contributed by atoms with E-state index in [2.05, 4.69) is 10.3 Å². The van der Waals surface area contributed by atoms with E-state index in [1.807, 2.05) is 22.9 Å². The number of rotatable bonds is 7. The number of aromatic nitrogens is 1. The van der Waals surface area contributed by atoms with Crippen molar-refractivity contribution in [3.05, 3.63) is 38.5 Å². The van der Waals surface area contributed by atoms with Gasteiger partial charge in [0, 0.05) is 30.3 Å². The highest BCUT2D eigenvalue weighted by atomic mass is 32.1. The van der Waals surface area contributed by atoms with Gasteiger partial charge in [-0.15, -0.1) is 22.7 Å². The average Bonchev–Trinajstić information content (AvgIpc) is 3.02. The van der Waals surface area contributed by atoms with E-state index >= 15 is 0 Å². The normalized spacial score (nSPS) is 10.6. The van der Waals surface area contributed by atoms with Crippen LogP contribution in [0.1, 0.15) is 15.6 Å². The van der Waals surface area contributed by atoms with Crippen molar-refractivity contribution in [2.75, 3.05) is 13.7 Å². The topological polar surface area (TPSA) is 51.2 Å². The van der Waals surface area contributed by atoms with Crippen LogP contribution in [0.5, 0.6) is 0 Å². The molecule has 0 saturated carbocycles. The van der Waals surface area contributed by atoms with Gasteiger partial charge in [0.05, 0.1) is 18.7 Å². The number of amides is 1. The third-order valence-electron chi connectivity index (χ3n) is 2.49. The van der Waals surface area contributed by atoms with Crippen LogP contribution in [0.3, 0.4) is 0 Å². The van der Waals surface area contributed by atoms with Crippen molar-refractivity contribution in [2.45, 2.75) is 19.4 Å². The number of thiazole rings is 1. The Balaban J connectivity index is 1.69. The van der Waals surface area contributed by atoms with E-state index in [1.165, 1.54) is 0 Å². The van der Waals surface area contributed by atoms with Crippen LogP contribution in [0, 0.1) is 0 Å². The van der Waals surface area contributed by atoms with Crippen molar-refractivity contribution in [1.82, 2.24) is 10.3 Å². The number of hydrogen-bond acceptors (Lipinski definition) is 5. The highest BCUT2D eigenvalue weighted by Gasteiger charge is 2.05. The number of methoxy groups -OCH3 is 1. The van der Waals surface area contributed by atoms with E-state index in [4.69, 9.17) is 4.74 Å². The van der Waals surface area contributed by atoms with Crippen molar-refractivity contribution < 1.29 is 9.53 Å². The molecule has 0 spiro atoms. The average molecular weight is 296 g/mol. The second-order valence-electron chi connectivity index (χ2n) is 4.02. The van der Waals surface area contributed by atoms with Crippen LogP contribution < -0.4 is 5.32 Å². The van der Waals surface area contributed by atoms with E-state index in [1.54, 1.807) is 29.8 Å². The van der Waals surface area contributed by atoms with Crippen molar-refractivity contribution in [2.24, 2.45) is 0 Å². The molecule has 0 aromatic carbocycles. The Morgan fingerprint density at radius 1 is 1.47 bits per heavy atom. The molecule has 0 fully saturated rings. The van der Waals surface area contributed by atoms with Gasteiger partial charge in [0.2, 0.25) is 5.91 Å². The zero-order chi connectivity index (χ0) is 13.5. The number of nitrogens with zero attached hydrogens (tertiary/aromatic N) is 1. The van der Waals surface area contributed by atoms with Crippen LogP contribution in [0.15, 0.2) is 22.9 Å². The molecule has 0 bridgehead atoms. The number of carbonyl (C=O) groups is 1. The van der Waals surface area contributed by atoms with Crippen molar-refractivity contribution in [1.29, 1.82) is 0 Å². The molecule has 0 aliphatic heterocycles. The summed E-state index contributed by atoms with van der Waals surface area (Å²) < 4.78 is 5.02. The lowest BCUT2D eigenvalue weighted by Gasteiger charge is -2.02. The minimum absolute atomic E-state index is 0.0646. The van der Waals surface area contributed by atoms with Gasteiger partial charge >= 0.3 is 0 Å². The van der Waals surface area contributed by atoms with Crippen LogP contribution in [-0.4, -0.2) is 24.5 Å². The summed E-state index contributed by atoms with van der Waals surface area (Å²) in [6, 6.07) is 3.93. The molecule has 0 aliphatic rings. The van der Waals surface area contributed by atoms with Crippen LogP contribution in [0.2, 0.25) is 0 Å². The molecule has 2 heterocycles. The number of ether oxygens (including phenoxy) is 1. The van der Waals surface area contributed by atoms with Gasteiger partial charge in [-0.2, -0.15) is 0 Å². The maximum atomic E-state index is 11.7. The molecule has 2 aromatic heterocycles. The molecular formula is C13H16N2O2S2. The predicted molar refractivity (Wildman–Crippen MR) is 77.6 cm³/mol. The zero-order valence-electron chi connectivity index (χ0n) is 10.7. The van der Waals surface area contributed by atoms with Crippen LogP contribution in [0.25, 0.3) is 0 Å². The van der Waals surface area contributed by atoms with Gasteiger partial charge in [0.1, 0.15) is 5.01 Å². The summed E-state index contributed by atoms with van der Waals surface area (Å²) in [5, 5.41) is 7.88. The summed E-state index contributed by atoms with van der Waals surface area (Å²) in [4.78, 5) is 17.2. The van der Waals surface area contributed by atoms with Gasteiger partial charge < -0.3 is 10.1 Å². The maximum Gasteiger partial charge on any atom is 0.225 e. The minimum Gasteiger partial charge on any atom is -0.378 e. The summed E-state index contributed by atoms with van der Waals surface area (Å²) in [7, 11) is 1.66. The Labute approximate surface area is 120 Å². The van der Waals surface area contributed by atoms with E-state index < -0.39 is 0 Å². The van der Waals surface area contributed by atoms with Gasteiger partial charge in [-0.05, 0) is 11.4 Å². The van der Waals surface area contributed by atoms with Crippen LogP contribution in [0.4, 0.5) is 0 Å². The van der Waals surface area contributed by atoms with Crippen molar-refractivity contribution >= 4 is 28.6 Å². The largest absolute Gasteiger partial charge is 0.378 e. The lowest BCUT2D eigenvalue weighted by molar-refractivity contribution is -0.120. The maximum absolute atomic E-state index is 11.7. The standard InChI is InChI=1S/C13H16N2O2S2/c1-17-8-13-15-10(9-19-13)4-5-14-12(16)7-11-3-2-6-18-11/h2-3,6,9H,4-5,7-8H2,1H3,(H,14,16). The molecule has 0 atom stereocenters. The molecule has 102 valence electrons. The first-order valence-corrected chi connectivity index (χ1v) is 7.75. The molecule has 0 saturated heterocycles. The molecule has 1 N–H and O–H groups in total. The molecule has 2 aromatic rings. The Kier molecular flexibility index (Phi) is 5.50. The first kappa shape index (κ1) is 14.2. The van der Waals surface area contributed by atoms with Crippen molar-refractivity contribution in [3.8, 4) is 0 Å². The summed E-state index contributed by atoms with van der Waals surface area (Å²) >= 11 is 3.19. The highest BCUT2D eigenvalue weighted by molar-refractivity contribution is 7.10. The fourth-order valence-corrected chi connectivity index (χ4v) is 3.12. The second-order valence-corrected chi connectivity index (χ2v) is 6.00. The number of hydrogen-bond donors (Lipinski definition) is 1. The lowest BCUT2D eigenvalue weighted by Crippen LogP contribution is -2.27. The third-order valence-corrected chi connectivity index (χ3v) is 4.23. The number of thiophene rings is 1. The zero-order valence-corrected chi connectivity index (χ0v) is 12.4. The summed E-state index contributed by atoms with van der Waals surface area (Å²) in [5.41, 5.74) is 1.01. The summed E-state index contributed by atoms with van der Waals surface area (Å²) in [5.74, 6) is 0.0646. The van der Waals surface area contributed by atoms with Gasteiger partial charge in [-0.1, -0.05) is 6.07 Å². The molecule has 0 aliphatic carbocycles. The molecule has 19 heavy (non-hydrogen) atoms. The van der Waals surface area contributed by atoms with Gasteiger partial charge in [-0.3, -0.25) is 4.79 Å². The smallest absolute Gasteiger partial charge is 0.225 e. The Morgan fingerprint density at radius 3 is 3.11 bits per heavy atom. The van der Waals surface area contributed by atoms with Gasteiger partial charge in [0.15, 0.2) is 0 Å². The molecule has 1 amide bonds. The predicted octanol–water partition coefficient (Wildman–Crippen LogP) is 2.25.